The number of piperidine rings is 1. The molecule has 2 aromatic heterocycles. The maximum Gasteiger partial charge on any atom is 0.278 e. The van der Waals surface area contributed by atoms with Gasteiger partial charge in [-0.3, -0.25) is 4.98 Å². The van der Waals surface area contributed by atoms with Crippen molar-refractivity contribution in [2.75, 3.05) is 13.1 Å². The highest BCUT2D eigenvalue weighted by atomic mass is 16.5. The van der Waals surface area contributed by atoms with Crippen LogP contribution in [0.5, 0.6) is 0 Å². The Morgan fingerprint density at radius 1 is 1.24 bits per heavy atom. The third-order valence-electron chi connectivity index (χ3n) is 2.93. The molecule has 1 N–H and O–H groups in total. The minimum absolute atomic E-state index is 0.394. The molecule has 1 aliphatic rings. The molecule has 0 aliphatic carbocycles. The summed E-state index contributed by atoms with van der Waals surface area (Å²) in [6, 6.07) is 0. The molecule has 1 fully saturated rings. The lowest BCUT2D eigenvalue weighted by Gasteiger charge is -2.18. The highest BCUT2D eigenvalue weighted by Crippen LogP contribution is 2.24. The lowest BCUT2D eigenvalue weighted by atomic mass is 9.98. The van der Waals surface area contributed by atoms with Crippen LogP contribution in [0.3, 0.4) is 0 Å². The monoisotopic (exact) mass is 231 g/mol. The van der Waals surface area contributed by atoms with Crippen molar-refractivity contribution in [3.05, 3.63) is 24.4 Å². The fourth-order valence-corrected chi connectivity index (χ4v) is 1.99. The van der Waals surface area contributed by atoms with Crippen LogP contribution in [0.4, 0.5) is 0 Å². The largest absolute Gasteiger partial charge is 0.332 e. The molecule has 0 atom stereocenters. The molecule has 0 radical (unpaired) electrons. The van der Waals surface area contributed by atoms with Gasteiger partial charge in [0.05, 0.1) is 6.20 Å². The summed E-state index contributed by atoms with van der Waals surface area (Å²) in [5.41, 5.74) is 0.625. The van der Waals surface area contributed by atoms with Gasteiger partial charge < -0.3 is 9.84 Å². The Balaban J connectivity index is 1.83. The first-order valence-electron chi connectivity index (χ1n) is 5.74. The zero-order valence-corrected chi connectivity index (χ0v) is 9.33. The summed E-state index contributed by atoms with van der Waals surface area (Å²) in [6.45, 7) is 2.03. The molecule has 0 saturated carbocycles. The summed E-state index contributed by atoms with van der Waals surface area (Å²) >= 11 is 0. The van der Waals surface area contributed by atoms with Gasteiger partial charge in [0.2, 0.25) is 0 Å². The zero-order chi connectivity index (χ0) is 11.5. The average Bonchev–Trinajstić information content (AvgIpc) is 2.90. The van der Waals surface area contributed by atoms with Gasteiger partial charge >= 0.3 is 0 Å². The Bertz CT molecular complexity index is 478. The minimum atomic E-state index is 0.394. The van der Waals surface area contributed by atoms with E-state index in [1.54, 1.807) is 18.6 Å². The van der Waals surface area contributed by atoms with Crippen LogP contribution in [0.1, 0.15) is 24.6 Å². The van der Waals surface area contributed by atoms with Crippen molar-refractivity contribution in [3.8, 4) is 11.6 Å². The average molecular weight is 231 g/mol. The lowest BCUT2D eigenvalue weighted by molar-refractivity contribution is 0.391. The van der Waals surface area contributed by atoms with E-state index >= 15 is 0 Å². The van der Waals surface area contributed by atoms with E-state index in [1.807, 2.05) is 0 Å². The molecule has 3 rings (SSSR count). The van der Waals surface area contributed by atoms with Gasteiger partial charge in [0.15, 0.2) is 5.82 Å². The summed E-state index contributed by atoms with van der Waals surface area (Å²) < 4.78 is 5.22. The van der Waals surface area contributed by atoms with Crippen molar-refractivity contribution in [2.45, 2.75) is 18.8 Å². The van der Waals surface area contributed by atoms with Crippen LogP contribution in [0, 0.1) is 0 Å². The third-order valence-corrected chi connectivity index (χ3v) is 2.93. The lowest BCUT2D eigenvalue weighted by Crippen LogP contribution is -2.27. The molecule has 0 spiro atoms. The number of nitrogens with one attached hydrogen (secondary N) is 1. The second-order valence-electron chi connectivity index (χ2n) is 4.07. The summed E-state index contributed by atoms with van der Waals surface area (Å²) in [4.78, 5) is 12.5. The molecule has 0 amide bonds. The number of nitrogens with zero attached hydrogens (tertiary/aromatic N) is 4. The first kappa shape index (κ1) is 10.3. The van der Waals surface area contributed by atoms with Crippen LogP contribution >= 0.6 is 0 Å². The summed E-state index contributed by atoms with van der Waals surface area (Å²) in [5.74, 6) is 1.63. The van der Waals surface area contributed by atoms with E-state index in [-0.39, 0.29) is 0 Å². The second kappa shape index (κ2) is 4.58. The van der Waals surface area contributed by atoms with Crippen LogP contribution < -0.4 is 5.32 Å². The topological polar surface area (TPSA) is 76.7 Å². The summed E-state index contributed by atoms with van der Waals surface area (Å²) in [7, 11) is 0. The van der Waals surface area contributed by atoms with Gasteiger partial charge in [-0.25, -0.2) is 4.98 Å². The molecule has 1 aliphatic heterocycles. The molecular weight excluding hydrogens is 218 g/mol. The molecular formula is C11H13N5O. The number of hydrogen-bond donors (Lipinski definition) is 1. The van der Waals surface area contributed by atoms with Gasteiger partial charge in [-0.2, -0.15) is 4.98 Å². The molecule has 88 valence electrons. The Hall–Kier alpha value is -1.82. The Labute approximate surface area is 98.5 Å². The van der Waals surface area contributed by atoms with Crippen molar-refractivity contribution in [3.63, 3.8) is 0 Å². The zero-order valence-electron chi connectivity index (χ0n) is 9.33. The third kappa shape index (κ3) is 2.16. The van der Waals surface area contributed by atoms with Gasteiger partial charge in [0.1, 0.15) is 5.69 Å². The van der Waals surface area contributed by atoms with Gasteiger partial charge in [-0.05, 0) is 25.9 Å². The van der Waals surface area contributed by atoms with Crippen molar-refractivity contribution >= 4 is 0 Å². The van der Waals surface area contributed by atoms with E-state index in [4.69, 9.17) is 4.52 Å². The maximum atomic E-state index is 5.22. The second-order valence-corrected chi connectivity index (χ2v) is 4.07. The van der Waals surface area contributed by atoms with Gasteiger partial charge in [-0.1, -0.05) is 5.16 Å². The Kier molecular flexibility index (Phi) is 2.79. The van der Waals surface area contributed by atoms with Crippen molar-refractivity contribution in [1.82, 2.24) is 25.4 Å². The highest BCUT2D eigenvalue weighted by molar-refractivity contribution is 5.43. The van der Waals surface area contributed by atoms with E-state index in [9.17, 15) is 0 Å². The van der Waals surface area contributed by atoms with E-state index in [1.165, 1.54) is 0 Å². The fraction of sp³-hybridized carbons (Fsp3) is 0.455. The van der Waals surface area contributed by atoms with Crippen LogP contribution in [-0.4, -0.2) is 33.2 Å². The first-order chi connectivity index (χ1) is 8.43. The van der Waals surface area contributed by atoms with E-state index in [0.29, 0.717) is 17.5 Å². The van der Waals surface area contributed by atoms with E-state index in [0.717, 1.165) is 31.8 Å². The standard InChI is InChI=1S/C11H13N5O/c1-3-12-4-2-8(1)10-15-11(17-16-10)9-7-13-5-6-14-9/h5-8,12H,1-4H2. The molecule has 0 aromatic carbocycles. The highest BCUT2D eigenvalue weighted by Gasteiger charge is 2.21. The maximum absolute atomic E-state index is 5.22. The van der Waals surface area contributed by atoms with Crippen molar-refractivity contribution < 1.29 is 4.52 Å². The van der Waals surface area contributed by atoms with Crippen molar-refractivity contribution in [1.29, 1.82) is 0 Å². The smallest absolute Gasteiger partial charge is 0.278 e. The van der Waals surface area contributed by atoms with Crippen LogP contribution in [0.2, 0.25) is 0 Å². The van der Waals surface area contributed by atoms with Crippen LogP contribution in [0.25, 0.3) is 11.6 Å². The predicted octanol–water partition coefficient (Wildman–Crippen LogP) is 0.994. The normalized spacial score (nSPS) is 17.2. The number of aromatic nitrogens is 4. The van der Waals surface area contributed by atoms with Gasteiger partial charge in [0, 0.05) is 18.3 Å². The quantitative estimate of drug-likeness (QED) is 0.830. The SMILES string of the molecule is c1cnc(-c2nc(C3CCNCC3)no2)cn1. The molecule has 2 aromatic rings. The summed E-state index contributed by atoms with van der Waals surface area (Å²) in [6.07, 6.45) is 6.97. The summed E-state index contributed by atoms with van der Waals surface area (Å²) in [5, 5.41) is 7.35. The van der Waals surface area contributed by atoms with Crippen LogP contribution in [0.15, 0.2) is 23.1 Å². The Morgan fingerprint density at radius 2 is 2.12 bits per heavy atom. The van der Waals surface area contributed by atoms with Gasteiger partial charge in [-0.15, -0.1) is 0 Å². The molecule has 6 nitrogen and oxygen atoms in total. The minimum Gasteiger partial charge on any atom is -0.332 e. The molecule has 6 heteroatoms. The first-order valence-corrected chi connectivity index (χ1v) is 5.74. The molecule has 17 heavy (non-hydrogen) atoms. The molecule has 0 unspecified atom stereocenters. The Morgan fingerprint density at radius 3 is 2.88 bits per heavy atom. The molecule has 3 heterocycles. The number of hydrogen-bond acceptors (Lipinski definition) is 6. The molecule has 1 saturated heterocycles. The van der Waals surface area contributed by atoms with Crippen LogP contribution in [-0.2, 0) is 0 Å². The molecule has 0 bridgehead atoms. The van der Waals surface area contributed by atoms with E-state index < -0.39 is 0 Å². The van der Waals surface area contributed by atoms with Crippen molar-refractivity contribution in [2.24, 2.45) is 0 Å². The van der Waals surface area contributed by atoms with Gasteiger partial charge in [0.25, 0.3) is 5.89 Å². The van der Waals surface area contributed by atoms with E-state index in [2.05, 4.69) is 25.4 Å². The fourth-order valence-electron chi connectivity index (χ4n) is 1.99. The number of rotatable bonds is 2. The predicted molar refractivity (Wildman–Crippen MR) is 60.2 cm³/mol.